The quantitative estimate of drug-likeness (QED) is 0.739. The maximum absolute atomic E-state index is 12.5. The Balaban J connectivity index is 1.97. The minimum absolute atomic E-state index is 0.272. The molecule has 118 valence electrons. The van der Waals surface area contributed by atoms with Crippen molar-refractivity contribution in [3.63, 3.8) is 0 Å². The molecular formula is C17H16N2O3S. The van der Waals surface area contributed by atoms with Gasteiger partial charge in [0.1, 0.15) is 5.75 Å². The Kier molecular flexibility index (Phi) is 4.16. The molecule has 6 heteroatoms. The van der Waals surface area contributed by atoms with Crippen LogP contribution in [0, 0.1) is 6.92 Å². The molecule has 0 saturated carbocycles. The second kappa shape index (κ2) is 6.26. The van der Waals surface area contributed by atoms with E-state index < -0.39 is 0 Å². The summed E-state index contributed by atoms with van der Waals surface area (Å²) in [5, 5.41) is 0. The summed E-state index contributed by atoms with van der Waals surface area (Å²) in [5.74, 6) is 0.702. The van der Waals surface area contributed by atoms with Crippen LogP contribution in [0.4, 0.5) is 0 Å². The zero-order chi connectivity index (χ0) is 16.4. The summed E-state index contributed by atoms with van der Waals surface area (Å²) in [7, 11) is 1.58. The van der Waals surface area contributed by atoms with Crippen molar-refractivity contribution in [3.8, 4) is 11.4 Å². The van der Waals surface area contributed by atoms with E-state index in [2.05, 4.69) is 0 Å². The number of rotatable bonds is 4. The summed E-state index contributed by atoms with van der Waals surface area (Å²) >= 11 is 0.901. The molecule has 0 aliphatic rings. The predicted molar refractivity (Wildman–Crippen MR) is 91.0 cm³/mol. The number of aromatic nitrogens is 2. The number of benzene rings is 2. The van der Waals surface area contributed by atoms with Crippen LogP contribution in [0.15, 0.2) is 58.1 Å². The Hall–Kier alpha value is -2.60. The molecule has 0 unspecified atom stereocenters. The number of hydrogen-bond acceptors (Lipinski definition) is 4. The van der Waals surface area contributed by atoms with E-state index in [0.717, 1.165) is 22.7 Å². The van der Waals surface area contributed by atoms with Crippen LogP contribution in [0.5, 0.6) is 5.75 Å². The zero-order valence-corrected chi connectivity index (χ0v) is 13.7. The van der Waals surface area contributed by atoms with E-state index in [-0.39, 0.29) is 17.1 Å². The lowest BCUT2D eigenvalue weighted by Crippen LogP contribution is -2.28. The molecule has 23 heavy (non-hydrogen) atoms. The first-order valence-corrected chi connectivity index (χ1v) is 7.89. The van der Waals surface area contributed by atoms with Gasteiger partial charge in [-0.15, -0.1) is 0 Å². The standard InChI is InChI=1S/C17H16N2O3S/c1-12-3-5-13(6-4-12)11-18-16(20)19(23-17(18)21)14-7-9-15(22-2)10-8-14/h3-10H,11H2,1-2H3. The van der Waals surface area contributed by atoms with E-state index in [4.69, 9.17) is 4.74 Å². The molecule has 3 aromatic rings. The van der Waals surface area contributed by atoms with Crippen LogP contribution in [-0.4, -0.2) is 15.6 Å². The second-order valence-corrected chi connectivity index (χ2v) is 6.10. The molecule has 0 bridgehead atoms. The first-order chi connectivity index (χ1) is 11.1. The fourth-order valence-electron chi connectivity index (χ4n) is 2.24. The van der Waals surface area contributed by atoms with Crippen LogP contribution >= 0.6 is 11.5 Å². The van der Waals surface area contributed by atoms with Crippen LogP contribution in [-0.2, 0) is 6.54 Å². The zero-order valence-electron chi connectivity index (χ0n) is 12.9. The van der Waals surface area contributed by atoms with Gasteiger partial charge in [-0.05, 0) is 36.8 Å². The highest BCUT2D eigenvalue weighted by Gasteiger charge is 2.12. The van der Waals surface area contributed by atoms with Gasteiger partial charge in [-0.1, -0.05) is 29.8 Å². The van der Waals surface area contributed by atoms with E-state index in [1.165, 1.54) is 8.52 Å². The van der Waals surface area contributed by atoms with Gasteiger partial charge in [0.15, 0.2) is 0 Å². The molecule has 3 rings (SSSR count). The molecule has 0 fully saturated rings. The van der Waals surface area contributed by atoms with Crippen molar-refractivity contribution in [2.24, 2.45) is 0 Å². The summed E-state index contributed by atoms with van der Waals surface area (Å²) in [6, 6.07) is 14.8. The van der Waals surface area contributed by atoms with E-state index >= 15 is 0 Å². The van der Waals surface area contributed by atoms with Crippen LogP contribution in [0.25, 0.3) is 5.69 Å². The van der Waals surface area contributed by atoms with Crippen LogP contribution in [0.3, 0.4) is 0 Å². The smallest absolute Gasteiger partial charge is 0.346 e. The number of hydrogen-bond donors (Lipinski definition) is 0. The Morgan fingerprint density at radius 3 is 2.26 bits per heavy atom. The van der Waals surface area contributed by atoms with E-state index in [1.54, 1.807) is 31.4 Å². The van der Waals surface area contributed by atoms with E-state index in [0.29, 0.717) is 11.4 Å². The van der Waals surface area contributed by atoms with Crippen molar-refractivity contribution in [3.05, 3.63) is 79.8 Å². The number of nitrogens with zero attached hydrogens (tertiary/aromatic N) is 2. The van der Waals surface area contributed by atoms with Crippen molar-refractivity contribution in [2.45, 2.75) is 13.5 Å². The molecule has 0 aliphatic heterocycles. The lowest BCUT2D eigenvalue weighted by molar-refractivity contribution is 0.415. The fourth-order valence-corrected chi connectivity index (χ4v) is 3.04. The Morgan fingerprint density at radius 2 is 1.65 bits per heavy atom. The number of aryl methyl sites for hydroxylation is 1. The van der Waals surface area contributed by atoms with Crippen molar-refractivity contribution < 1.29 is 4.74 Å². The maximum atomic E-state index is 12.5. The van der Waals surface area contributed by atoms with Gasteiger partial charge >= 0.3 is 10.6 Å². The Labute approximate surface area is 137 Å². The van der Waals surface area contributed by atoms with Gasteiger partial charge in [0.05, 0.1) is 19.3 Å². The van der Waals surface area contributed by atoms with E-state index in [1.807, 2.05) is 31.2 Å². The molecule has 0 amide bonds. The van der Waals surface area contributed by atoms with Gasteiger partial charge in [-0.25, -0.2) is 13.3 Å². The Bertz CT molecular complexity index is 918. The molecule has 0 saturated heterocycles. The summed E-state index contributed by atoms with van der Waals surface area (Å²) in [6.07, 6.45) is 0. The number of ether oxygens (including phenoxy) is 1. The third-order valence-corrected chi connectivity index (χ3v) is 4.49. The lowest BCUT2D eigenvalue weighted by Gasteiger charge is -2.03. The largest absolute Gasteiger partial charge is 0.497 e. The van der Waals surface area contributed by atoms with Crippen molar-refractivity contribution in [1.82, 2.24) is 8.52 Å². The third kappa shape index (κ3) is 3.12. The average Bonchev–Trinajstić information content (AvgIpc) is 2.85. The van der Waals surface area contributed by atoms with Crippen LogP contribution in [0.2, 0.25) is 0 Å². The SMILES string of the molecule is COc1ccc(-n2sc(=O)n(Cc3ccc(C)cc3)c2=O)cc1. The highest BCUT2D eigenvalue weighted by molar-refractivity contribution is 7.03. The first kappa shape index (κ1) is 15.3. The fraction of sp³-hybridized carbons (Fsp3) is 0.176. The maximum Gasteiger partial charge on any atom is 0.346 e. The first-order valence-electron chi connectivity index (χ1n) is 7.11. The van der Waals surface area contributed by atoms with Gasteiger partial charge in [0.25, 0.3) is 0 Å². The van der Waals surface area contributed by atoms with Crippen molar-refractivity contribution >= 4 is 11.5 Å². The third-order valence-electron chi connectivity index (χ3n) is 3.56. The van der Waals surface area contributed by atoms with Gasteiger partial charge in [0, 0.05) is 11.5 Å². The van der Waals surface area contributed by atoms with Crippen LogP contribution in [0.1, 0.15) is 11.1 Å². The van der Waals surface area contributed by atoms with Crippen LogP contribution < -0.4 is 15.3 Å². The lowest BCUT2D eigenvalue weighted by atomic mass is 10.1. The summed E-state index contributed by atoms with van der Waals surface area (Å²) in [4.78, 5) is 24.4. The minimum Gasteiger partial charge on any atom is -0.497 e. The topological polar surface area (TPSA) is 53.2 Å². The molecule has 0 atom stereocenters. The average molecular weight is 328 g/mol. The minimum atomic E-state index is -0.328. The summed E-state index contributed by atoms with van der Waals surface area (Å²) in [6.45, 7) is 2.27. The molecule has 1 aromatic heterocycles. The monoisotopic (exact) mass is 328 g/mol. The Morgan fingerprint density at radius 1 is 1.00 bits per heavy atom. The molecule has 5 nitrogen and oxygen atoms in total. The predicted octanol–water partition coefficient (Wildman–Crippen LogP) is 2.43. The van der Waals surface area contributed by atoms with Gasteiger partial charge in [0.2, 0.25) is 0 Å². The van der Waals surface area contributed by atoms with Gasteiger partial charge < -0.3 is 4.74 Å². The molecule has 0 aliphatic carbocycles. The molecule has 2 aromatic carbocycles. The molecular weight excluding hydrogens is 312 g/mol. The highest BCUT2D eigenvalue weighted by Crippen LogP contribution is 2.14. The van der Waals surface area contributed by atoms with Gasteiger partial charge in [-0.2, -0.15) is 0 Å². The van der Waals surface area contributed by atoms with E-state index in [9.17, 15) is 9.59 Å². The summed E-state index contributed by atoms with van der Waals surface area (Å²) in [5.41, 5.74) is 2.39. The normalized spacial score (nSPS) is 10.7. The van der Waals surface area contributed by atoms with Gasteiger partial charge in [-0.3, -0.25) is 4.79 Å². The molecule has 0 N–H and O–H groups in total. The summed E-state index contributed by atoms with van der Waals surface area (Å²) < 4.78 is 7.75. The highest BCUT2D eigenvalue weighted by atomic mass is 32.1. The number of methoxy groups -OCH3 is 1. The molecule has 0 radical (unpaired) electrons. The molecule has 0 spiro atoms. The van der Waals surface area contributed by atoms with Crippen molar-refractivity contribution in [1.29, 1.82) is 0 Å². The molecule has 1 heterocycles. The second-order valence-electron chi connectivity index (χ2n) is 5.20. The van der Waals surface area contributed by atoms with Crippen molar-refractivity contribution in [2.75, 3.05) is 7.11 Å².